The number of aromatic nitrogens is 3. The van der Waals surface area contributed by atoms with Crippen LogP contribution >= 0.6 is 22.9 Å². The summed E-state index contributed by atoms with van der Waals surface area (Å²) < 4.78 is 23.6. The smallest absolute Gasteiger partial charge is 0.222 e. The van der Waals surface area contributed by atoms with Crippen molar-refractivity contribution >= 4 is 34.6 Å². The summed E-state index contributed by atoms with van der Waals surface area (Å²) >= 11 is 7.85. The minimum atomic E-state index is -0.519. The van der Waals surface area contributed by atoms with Gasteiger partial charge in [0.1, 0.15) is 16.9 Å². The number of benzene rings is 1. The molecular formula is C29H38ClN5O6S. The first-order chi connectivity index (χ1) is 20.4. The summed E-state index contributed by atoms with van der Waals surface area (Å²) in [6, 6.07) is 7.09. The Labute approximate surface area is 254 Å². The van der Waals surface area contributed by atoms with Gasteiger partial charge in [0, 0.05) is 27.6 Å². The molecule has 1 amide bonds. The van der Waals surface area contributed by atoms with E-state index >= 15 is 0 Å². The molecule has 0 spiro atoms. The maximum Gasteiger partial charge on any atom is 0.222 e. The Morgan fingerprint density at radius 2 is 1.57 bits per heavy atom. The summed E-state index contributed by atoms with van der Waals surface area (Å²) in [4.78, 5) is 19.3. The van der Waals surface area contributed by atoms with Crippen LogP contribution in [-0.4, -0.2) is 97.5 Å². The van der Waals surface area contributed by atoms with E-state index in [1.807, 2.05) is 35.8 Å². The second-order valence-electron chi connectivity index (χ2n) is 9.63. The molecule has 0 unspecified atom stereocenters. The Bertz CT molecular complexity index is 1340. The van der Waals surface area contributed by atoms with E-state index in [0.29, 0.717) is 70.2 Å². The van der Waals surface area contributed by atoms with Crippen molar-refractivity contribution < 1.29 is 28.8 Å². The number of aliphatic hydroxyl groups is 1. The fourth-order valence-corrected chi connectivity index (χ4v) is 5.81. The monoisotopic (exact) mass is 619 g/mol. The van der Waals surface area contributed by atoms with Gasteiger partial charge in [0.15, 0.2) is 5.82 Å². The number of rotatable bonds is 17. The van der Waals surface area contributed by atoms with Crippen molar-refractivity contribution in [3.05, 3.63) is 62.5 Å². The van der Waals surface area contributed by atoms with E-state index in [-0.39, 0.29) is 18.9 Å². The number of nitrogens with zero attached hydrogens (tertiary/aromatic N) is 4. The zero-order valence-electron chi connectivity index (χ0n) is 24.2. The summed E-state index contributed by atoms with van der Waals surface area (Å²) in [7, 11) is 0. The van der Waals surface area contributed by atoms with Crippen LogP contribution in [0.4, 0.5) is 0 Å². The number of halogens is 1. The van der Waals surface area contributed by atoms with Crippen LogP contribution in [0.25, 0.3) is 5.00 Å². The highest BCUT2D eigenvalue weighted by Gasteiger charge is 2.32. The summed E-state index contributed by atoms with van der Waals surface area (Å²) in [5.74, 6) is 1.24. The van der Waals surface area contributed by atoms with Crippen LogP contribution < -0.4 is 5.32 Å². The number of thiophene rings is 1. The Morgan fingerprint density at radius 3 is 2.21 bits per heavy atom. The first-order valence-electron chi connectivity index (χ1n) is 14.0. The van der Waals surface area contributed by atoms with Crippen LogP contribution in [0, 0.1) is 20.8 Å². The number of ether oxygens (including phenoxy) is 4. The van der Waals surface area contributed by atoms with Crippen LogP contribution in [0.1, 0.15) is 45.7 Å². The molecule has 1 atom stereocenters. The fourth-order valence-electron chi connectivity index (χ4n) is 4.47. The van der Waals surface area contributed by atoms with Crippen LogP contribution in [0.3, 0.4) is 0 Å². The van der Waals surface area contributed by atoms with Crippen molar-refractivity contribution in [2.24, 2.45) is 4.99 Å². The quantitative estimate of drug-likeness (QED) is 0.220. The van der Waals surface area contributed by atoms with Gasteiger partial charge in [-0.2, -0.15) is 0 Å². The topological polar surface area (TPSA) is 129 Å². The SMILES string of the molecule is Cc1sc2c(c1C)C(c1ccc(Cl)cc1)=N[C@@H](CC(=O)NCCOCCOCCOCCOCCO)c1nnc(C)n1-2. The Morgan fingerprint density at radius 1 is 0.952 bits per heavy atom. The van der Waals surface area contributed by atoms with E-state index in [2.05, 4.69) is 29.4 Å². The number of amides is 1. The second kappa shape index (κ2) is 16.2. The average molecular weight is 620 g/mol. The molecule has 228 valence electrons. The lowest BCUT2D eigenvalue weighted by atomic mass is 9.99. The molecule has 0 bridgehead atoms. The Balaban J connectivity index is 1.30. The fraction of sp³-hybridized carbons (Fsp3) is 0.517. The van der Waals surface area contributed by atoms with E-state index in [9.17, 15) is 4.79 Å². The van der Waals surface area contributed by atoms with Crippen molar-refractivity contribution in [1.29, 1.82) is 0 Å². The molecule has 0 saturated carbocycles. The lowest BCUT2D eigenvalue weighted by Gasteiger charge is -2.13. The number of hydrogen-bond donors (Lipinski definition) is 2. The van der Waals surface area contributed by atoms with Gasteiger partial charge in [0.2, 0.25) is 5.91 Å². The molecule has 0 fully saturated rings. The number of carbonyl (C=O) groups excluding carboxylic acids is 1. The molecule has 0 saturated heterocycles. The highest BCUT2D eigenvalue weighted by atomic mass is 35.5. The molecule has 2 aromatic heterocycles. The number of nitrogens with one attached hydrogen (secondary N) is 1. The van der Waals surface area contributed by atoms with E-state index in [0.717, 1.165) is 33.2 Å². The third-order valence-corrected chi connectivity index (χ3v) is 8.10. The van der Waals surface area contributed by atoms with Gasteiger partial charge in [-0.25, -0.2) is 0 Å². The zero-order valence-corrected chi connectivity index (χ0v) is 25.8. The van der Waals surface area contributed by atoms with Gasteiger partial charge in [0.25, 0.3) is 0 Å². The third kappa shape index (κ3) is 8.44. The average Bonchev–Trinajstić information content (AvgIpc) is 3.45. The minimum Gasteiger partial charge on any atom is -0.394 e. The molecule has 2 N–H and O–H groups in total. The Kier molecular flexibility index (Phi) is 12.4. The van der Waals surface area contributed by atoms with Gasteiger partial charge in [-0.1, -0.05) is 23.7 Å². The van der Waals surface area contributed by atoms with Crippen molar-refractivity contribution in [3.63, 3.8) is 0 Å². The van der Waals surface area contributed by atoms with Crippen LogP contribution in [0.2, 0.25) is 5.02 Å². The number of hydrogen-bond acceptors (Lipinski definition) is 10. The molecule has 3 aromatic rings. The molecule has 4 rings (SSSR count). The molecule has 0 aliphatic carbocycles. The van der Waals surface area contributed by atoms with E-state index in [1.165, 1.54) is 4.88 Å². The molecule has 0 radical (unpaired) electrons. The summed E-state index contributed by atoms with van der Waals surface area (Å²) in [5.41, 5.74) is 3.92. The molecule has 1 aliphatic rings. The van der Waals surface area contributed by atoms with Gasteiger partial charge < -0.3 is 29.4 Å². The van der Waals surface area contributed by atoms with Crippen molar-refractivity contribution in [2.75, 3.05) is 66.0 Å². The molecule has 1 aromatic carbocycles. The van der Waals surface area contributed by atoms with Gasteiger partial charge in [-0.3, -0.25) is 14.4 Å². The van der Waals surface area contributed by atoms with Gasteiger partial charge in [0.05, 0.1) is 71.6 Å². The molecule has 3 heterocycles. The van der Waals surface area contributed by atoms with Crippen LogP contribution in [0.15, 0.2) is 29.3 Å². The summed E-state index contributed by atoms with van der Waals surface area (Å²) in [5, 5.41) is 22.0. The lowest BCUT2D eigenvalue weighted by Crippen LogP contribution is -2.29. The Hall–Kier alpha value is -2.71. The normalized spacial score (nSPS) is 14.3. The second-order valence-corrected chi connectivity index (χ2v) is 11.3. The summed E-state index contributed by atoms with van der Waals surface area (Å²) in [6.07, 6.45) is 0.121. The molecule has 11 nitrogen and oxygen atoms in total. The predicted octanol–water partition coefficient (Wildman–Crippen LogP) is 3.36. The van der Waals surface area contributed by atoms with Gasteiger partial charge >= 0.3 is 0 Å². The molecule has 42 heavy (non-hydrogen) atoms. The minimum absolute atomic E-state index is 0.00747. The van der Waals surface area contributed by atoms with Crippen LogP contribution in [0.5, 0.6) is 0 Å². The first-order valence-corrected chi connectivity index (χ1v) is 15.1. The highest BCUT2D eigenvalue weighted by Crippen LogP contribution is 2.39. The highest BCUT2D eigenvalue weighted by molar-refractivity contribution is 7.15. The van der Waals surface area contributed by atoms with Gasteiger partial charge in [-0.15, -0.1) is 21.5 Å². The maximum atomic E-state index is 13.0. The first kappa shape index (κ1) is 32.2. The van der Waals surface area contributed by atoms with Crippen molar-refractivity contribution in [3.8, 4) is 5.00 Å². The van der Waals surface area contributed by atoms with E-state index in [1.54, 1.807) is 11.3 Å². The van der Waals surface area contributed by atoms with E-state index in [4.69, 9.17) is 40.6 Å². The predicted molar refractivity (Wildman–Crippen MR) is 161 cm³/mol. The van der Waals surface area contributed by atoms with Gasteiger partial charge in [-0.05, 0) is 38.5 Å². The largest absolute Gasteiger partial charge is 0.394 e. The molecule has 13 heteroatoms. The van der Waals surface area contributed by atoms with Crippen LogP contribution in [-0.2, 0) is 23.7 Å². The molecular weight excluding hydrogens is 582 g/mol. The lowest BCUT2D eigenvalue weighted by molar-refractivity contribution is -0.121. The van der Waals surface area contributed by atoms with Crippen molar-refractivity contribution in [2.45, 2.75) is 33.2 Å². The number of carbonyl (C=O) groups is 1. The van der Waals surface area contributed by atoms with Crippen molar-refractivity contribution in [1.82, 2.24) is 20.1 Å². The summed E-state index contributed by atoms with van der Waals surface area (Å²) in [6.45, 7) is 9.83. The third-order valence-electron chi connectivity index (χ3n) is 6.66. The number of aliphatic imine (C=N–C) groups is 1. The number of fused-ring (bicyclic) bond motifs is 3. The number of aliphatic hydroxyl groups excluding tert-OH is 1. The zero-order chi connectivity index (χ0) is 29.9. The molecule has 1 aliphatic heterocycles. The number of aryl methyl sites for hydroxylation is 2. The maximum absolute atomic E-state index is 13.0. The standard InChI is InChI=1S/C29H38ClN5O6S/c1-19-20(2)42-29-26(19)27(22-4-6-23(30)7-5-22)32-24(28-34-33-21(3)35(28)29)18-25(37)31-8-10-38-12-14-40-16-17-41-15-13-39-11-9-36/h4-7,24,36H,8-18H2,1-3H3,(H,31,37)/t24-/m0/s1. The van der Waals surface area contributed by atoms with E-state index < -0.39 is 6.04 Å².